The maximum Gasteiger partial charge on any atom is 0.231 e. The van der Waals surface area contributed by atoms with Crippen molar-refractivity contribution in [1.82, 2.24) is 4.98 Å². The van der Waals surface area contributed by atoms with Crippen LogP contribution in [0, 0.1) is 0 Å². The summed E-state index contributed by atoms with van der Waals surface area (Å²) in [5.74, 6) is 0.0816. The molecule has 96 valence electrons. The molecule has 2 heterocycles. The summed E-state index contributed by atoms with van der Waals surface area (Å²) in [5.41, 5.74) is 9.29. The van der Waals surface area contributed by atoms with E-state index in [1.54, 1.807) is 11.1 Å². The molecule has 0 aliphatic carbocycles. The molecule has 1 amide bonds. The smallest absolute Gasteiger partial charge is 0.231 e. The van der Waals surface area contributed by atoms with Crippen LogP contribution in [-0.4, -0.2) is 10.9 Å². The third-order valence-electron chi connectivity index (χ3n) is 3.18. The van der Waals surface area contributed by atoms with E-state index in [1.165, 1.54) is 0 Å². The molecule has 2 aromatic rings. The van der Waals surface area contributed by atoms with E-state index in [4.69, 9.17) is 5.73 Å². The Morgan fingerprint density at radius 3 is 2.95 bits per heavy atom. The summed E-state index contributed by atoms with van der Waals surface area (Å²) < 4.78 is 0.832. The van der Waals surface area contributed by atoms with Crippen molar-refractivity contribution < 1.29 is 4.79 Å². The number of halogens is 1. The van der Waals surface area contributed by atoms with E-state index in [9.17, 15) is 4.79 Å². The number of nitrogens with two attached hydrogens (primary N) is 1. The van der Waals surface area contributed by atoms with Crippen molar-refractivity contribution >= 4 is 33.2 Å². The van der Waals surface area contributed by atoms with Crippen LogP contribution < -0.4 is 10.6 Å². The Labute approximate surface area is 119 Å². The summed E-state index contributed by atoms with van der Waals surface area (Å²) in [6, 6.07) is 9.44. The quantitative estimate of drug-likeness (QED) is 0.866. The molecule has 1 aromatic heterocycles. The van der Waals surface area contributed by atoms with Gasteiger partial charge < -0.3 is 10.6 Å². The zero-order valence-corrected chi connectivity index (χ0v) is 11.7. The molecule has 5 heteroatoms. The van der Waals surface area contributed by atoms with Crippen molar-refractivity contribution in [3.05, 3.63) is 52.3 Å². The van der Waals surface area contributed by atoms with Gasteiger partial charge in [-0.3, -0.25) is 9.78 Å². The van der Waals surface area contributed by atoms with Crippen molar-refractivity contribution in [3.8, 4) is 0 Å². The predicted octanol–water partition coefficient (Wildman–Crippen LogP) is 2.52. The van der Waals surface area contributed by atoms with Crippen molar-refractivity contribution in [2.45, 2.75) is 13.0 Å². The second-order valence-electron chi connectivity index (χ2n) is 4.48. The molecular formula is C14H12BrN3O. The summed E-state index contributed by atoms with van der Waals surface area (Å²) in [4.78, 5) is 18.1. The van der Waals surface area contributed by atoms with Gasteiger partial charge in [0.25, 0.3) is 0 Å². The largest absolute Gasteiger partial charge is 0.398 e. The number of amides is 1. The number of rotatable bonds is 2. The first-order valence-electron chi connectivity index (χ1n) is 5.93. The molecule has 1 aliphatic heterocycles. The highest BCUT2D eigenvalue weighted by atomic mass is 79.9. The minimum atomic E-state index is 0.0816. The van der Waals surface area contributed by atoms with Gasteiger partial charge in [-0.15, -0.1) is 0 Å². The lowest BCUT2D eigenvalue weighted by Crippen LogP contribution is -2.26. The van der Waals surface area contributed by atoms with Gasteiger partial charge in [0.15, 0.2) is 0 Å². The number of carbonyl (C=O) groups excluding carboxylic acids is 1. The average molecular weight is 318 g/mol. The van der Waals surface area contributed by atoms with Crippen LogP contribution in [0.25, 0.3) is 0 Å². The second-order valence-corrected chi connectivity index (χ2v) is 5.33. The van der Waals surface area contributed by atoms with Gasteiger partial charge in [0, 0.05) is 22.0 Å². The molecule has 0 atom stereocenters. The van der Waals surface area contributed by atoms with Crippen molar-refractivity contribution in [2.75, 3.05) is 10.6 Å². The predicted molar refractivity (Wildman–Crippen MR) is 77.7 cm³/mol. The third kappa shape index (κ3) is 2.21. The molecule has 3 rings (SSSR count). The maximum atomic E-state index is 12.1. The zero-order valence-electron chi connectivity index (χ0n) is 10.1. The molecule has 1 aliphatic rings. The fourth-order valence-corrected chi connectivity index (χ4v) is 2.62. The number of pyridine rings is 1. The topological polar surface area (TPSA) is 59.2 Å². The van der Waals surface area contributed by atoms with Gasteiger partial charge in [-0.25, -0.2) is 0 Å². The van der Waals surface area contributed by atoms with Gasteiger partial charge in [0.05, 0.1) is 18.7 Å². The summed E-state index contributed by atoms with van der Waals surface area (Å²) >= 11 is 3.39. The Balaban J connectivity index is 1.96. The minimum Gasteiger partial charge on any atom is -0.398 e. The highest BCUT2D eigenvalue weighted by Gasteiger charge is 2.28. The number of hydrogen-bond acceptors (Lipinski definition) is 3. The molecule has 0 saturated carbocycles. The fraction of sp³-hybridized carbons (Fsp3) is 0.143. The average Bonchev–Trinajstić information content (AvgIpc) is 2.68. The first-order valence-corrected chi connectivity index (χ1v) is 6.72. The van der Waals surface area contributed by atoms with Crippen LogP contribution in [0.1, 0.15) is 11.3 Å². The Bertz CT molecular complexity index is 643. The van der Waals surface area contributed by atoms with Crippen LogP contribution >= 0.6 is 15.9 Å². The number of hydrogen-bond donors (Lipinski definition) is 1. The first-order chi connectivity index (χ1) is 9.15. The van der Waals surface area contributed by atoms with Crippen molar-refractivity contribution in [2.24, 2.45) is 0 Å². The van der Waals surface area contributed by atoms with Crippen LogP contribution in [0.15, 0.2) is 41.0 Å². The summed E-state index contributed by atoms with van der Waals surface area (Å²) in [6.45, 7) is 0.480. The second kappa shape index (κ2) is 4.66. The van der Waals surface area contributed by atoms with Gasteiger partial charge in [0.2, 0.25) is 5.91 Å². The molecule has 0 radical (unpaired) electrons. The van der Waals surface area contributed by atoms with E-state index in [1.807, 2.05) is 30.3 Å². The molecule has 0 bridgehead atoms. The fourth-order valence-electron chi connectivity index (χ4n) is 2.23. The normalized spacial score (nSPS) is 13.7. The van der Waals surface area contributed by atoms with E-state index < -0.39 is 0 Å². The maximum absolute atomic E-state index is 12.1. The third-order valence-corrected chi connectivity index (χ3v) is 3.86. The lowest BCUT2D eigenvalue weighted by Gasteiger charge is -2.17. The highest BCUT2D eigenvalue weighted by Crippen LogP contribution is 2.35. The SMILES string of the molecule is Nc1cc2c(cc1Br)CC(=O)N2Cc1ccccn1. The van der Waals surface area contributed by atoms with Crippen LogP contribution in [0.2, 0.25) is 0 Å². The zero-order chi connectivity index (χ0) is 13.4. The van der Waals surface area contributed by atoms with E-state index in [0.717, 1.165) is 21.4 Å². The highest BCUT2D eigenvalue weighted by molar-refractivity contribution is 9.10. The van der Waals surface area contributed by atoms with Gasteiger partial charge in [-0.2, -0.15) is 0 Å². The molecule has 0 unspecified atom stereocenters. The number of nitrogen functional groups attached to an aromatic ring is 1. The Hall–Kier alpha value is -1.88. The van der Waals surface area contributed by atoms with Gasteiger partial charge >= 0.3 is 0 Å². The number of carbonyl (C=O) groups is 1. The molecular weight excluding hydrogens is 306 g/mol. The lowest BCUT2D eigenvalue weighted by molar-refractivity contribution is -0.117. The summed E-state index contributed by atoms with van der Waals surface area (Å²) in [5, 5.41) is 0. The van der Waals surface area contributed by atoms with Crippen LogP contribution in [-0.2, 0) is 17.8 Å². The summed E-state index contributed by atoms with van der Waals surface area (Å²) in [6.07, 6.45) is 2.15. The Morgan fingerprint density at radius 2 is 2.21 bits per heavy atom. The van der Waals surface area contributed by atoms with E-state index in [0.29, 0.717) is 18.7 Å². The van der Waals surface area contributed by atoms with Crippen LogP contribution in [0.4, 0.5) is 11.4 Å². The number of benzene rings is 1. The Morgan fingerprint density at radius 1 is 1.37 bits per heavy atom. The lowest BCUT2D eigenvalue weighted by atomic mass is 10.1. The molecule has 4 nitrogen and oxygen atoms in total. The number of nitrogens with zero attached hydrogens (tertiary/aromatic N) is 2. The summed E-state index contributed by atoms with van der Waals surface area (Å²) in [7, 11) is 0. The van der Waals surface area contributed by atoms with Crippen molar-refractivity contribution in [3.63, 3.8) is 0 Å². The molecule has 0 spiro atoms. The number of aromatic nitrogens is 1. The number of fused-ring (bicyclic) bond motifs is 1. The Kier molecular flexibility index (Phi) is 2.98. The monoisotopic (exact) mass is 317 g/mol. The molecule has 19 heavy (non-hydrogen) atoms. The van der Waals surface area contributed by atoms with Crippen LogP contribution in [0.3, 0.4) is 0 Å². The molecule has 0 fully saturated rings. The standard InChI is InChI=1S/C14H12BrN3O/c15-11-5-9-6-14(19)18(13(9)7-12(11)16)8-10-3-1-2-4-17-10/h1-5,7H,6,8,16H2. The van der Waals surface area contributed by atoms with E-state index >= 15 is 0 Å². The molecule has 2 N–H and O–H groups in total. The molecule has 0 saturated heterocycles. The van der Waals surface area contributed by atoms with Gasteiger partial charge in [-0.1, -0.05) is 6.07 Å². The van der Waals surface area contributed by atoms with Crippen LogP contribution in [0.5, 0.6) is 0 Å². The van der Waals surface area contributed by atoms with Crippen molar-refractivity contribution in [1.29, 1.82) is 0 Å². The van der Waals surface area contributed by atoms with Gasteiger partial charge in [0.1, 0.15) is 0 Å². The van der Waals surface area contributed by atoms with E-state index in [2.05, 4.69) is 20.9 Å². The minimum absolute atomic E-state index is 0.0816. The first kappa shape index (κ1) is 12.2. The van der Waals surface area contributed by atoms with E-state index in [-0.39, 0.29) is 5.91 Å². The number of anilines is 2. The van der Waals surface area contributed by atoms with Gasteiger partial charge in [-0.05, 0) is 45.8 Å². The molecule has 1 aromatic carbocycles.